The predicted octanol–water partition coefficient (Wildman–Crippen LogP) is 5.96. The van der Waals surface area contributed by atoms with Crippen LogP contribution in [0.5, 0.6) is 0 Å². The van der Waals surface area contributed by atoms with Crippen molar-refractivity contribution in [3.63, 3.8) is 0 Å². The second kappa shape index (κ2) is 14.0. The number of aliphatic hydroxyl groups is 1. The van der Waals surface area contributed by atoms with Crippen molar-refractivity contribution in [2.24, 2.45) is 0 Å². The van der Waals surface area contributed by atoms with Gasteiger partial charge in [0, 0.05) is 49.6 Å². The van der Waals surface area contributed by atoms with Gasteiger partial charge >= 0.3 is 0 Å². The summed E-state index contributed by atoms with van der Waals surface area (Å²) in [4.78, 5) is 20.1. The maximum atomic E-state index is 13.1. The van der Waals surface area contributed by atoms with E-state index in [2.05, 4.69) is 51.3 Å². The average molecular weight is 585 g/mol. The molecule has 4 aromatic rings. The van der Waals surface area contributed by atoms with Crippen molar-refractivity contribution in [1.82, 2.24) is 19.6 Å². The summed E-state index contributed by atoms with van der Waals surface area (Å²) < 4.78 is 1.96. The van der Waals surface area contributed by atoms with Crippen molar-refractivity contribution < 1.29 is 9.90 Å². The summed E-state index contributed by atoms with van der Waals surface area (Å²) in [5.74, 6) is 6.45. The van der Waals surface area contributed by atoms with Crippen LogP contribution in [-0.4, -0.2) is 51.4 Å². The fraction of sp³-hybridized carbons (Fsp3) is 0.316. The van der Waals surface area contributed by atoms with Crippen LogP contribution < -0.4 is 5.32 Å². The summed E-state index contributed by atoms with van der Waals surface area (Å²) >= 11 is 0. The van der Waals surface area contributed by atoms with E-state index in [0.717, 1.165) is 67.9 Å². The summed E-state index contributed by atoms with van der Waals surface area (Å²) in [7, 11) is 0. The molecule has 4 heterocycles. The lowest BCUT2D eigenvalue weighted by Gasteiger charge is -2.22. The summed E-state index contributed by atoms with van der Waals surface area (Å²) in [6.07, 6.45) is 14.5. The van der Waals surface area contributed by atoms with Crippen LogP contribution in [0.4, 0.5) is 0 Å². The fourth-order valence-corrected chi connectivity index (χ4v) is 5.92. The smallest absolute Gasteiger partial charge is 0.185 e. The number of aromatic nitrogens is 2. The molecule has 1 unspecified atom stereocenters. The molecule has 2 aliphatic rings. The van der Waals surface area contributed by atoms with Crippen molar-refractivity contribution in [2.75, 3.05) is 26.2 Å². The number of aryl methyl sites for hydroxylation is 1. The number of imidazole rings is 1. The first kappa shape index (κ1) is 29.8. The molecular weight excluding hydrogens is 544 g/mol. The van der Waals surface area contributed by atoms with Crippen molar-refractivity contribution in [1.29, 1.82) is 0 Å². The zero-order chi connectivity index (χ0) is 30.3. The molecular formula is C38H40N4O2. The number of likely N-dealkylation sites (tertiary alicyclic amines) is 1. The molecule has 0 spiro atoms. The number of aliphatic hydroxyl groups excluding tert-OH is 1. The molecule has 2 aliphatic heterocycles. The average Bonchev–Trinajstić information content (AvgIpc) is 3.84. The Morgan fingerprint density at radius 3 is 2.89 bits per heavy atom. The van der Waals surface area contributed by atoms with Crippen LogP contribution in [0.1, 0.15) is 75.6 Å². The maximum absolute atomic E-state index is 13.1. The zero-order valence-electron chi connectivity index (χ0n) is 25.4. The molecule has 2 aromatic heterocycles. The lowest BCUT2D eigenvalue weighted by atomic mass is 9.98. The molecule has 0 amide bonds. The van der Waals surface area contributed by atoms with Gasteiger partial charge in [0.1, 0.15) is 11.3 Å². The molecule has 2 saturated heterocycles. The topological polar surface area (TPSA) is 79.8 Å². The van der Waals surface area contributed by atoms with Gasteiger partial charge in [0.05, 0.1) is 6.20 Å². The van der Waals surface area contributed by atoms with Crippen molar-refractivity contribution >= 4 is 11.4 Å². The monoisotopic (exact) mass is 584 g/mol. The number of carbonyl (C=O) groups excluding carboxylic acids is 1. The number of carbonyl (C=O) groups is 1. The molecule has 0 bridgehead atoms. The van der Waals surface area contributed by atoms with E-state index in [9.17, 15) is 4.79 Å². The highest BCUT2D eigenvalue weighted by Gasteiger charge is 2.26. The van der Waals surface area contributed by atoms with Gasteiger partial charge in [-0.25, -0.2) is 4.98 Å². The molecule has 0 radical (unpaired) electrons. The zero-order valence-corrected chi connectivity index (χ0v) is 25.4. The first-order valence-electron chi connectivity index (χ1n) is 15.7. The summed E-state index contributed by atoms with van der Waals surface area (Å²) in [5, 5.41) is 12.7. The second-order valence-electron chi connectivity index (χ2n) is 11.8. The third-order valence-electron chi connectivity index (χ3n) is 8.56. The molecule has 44 heavy (non-hydrogen) atoms. The Morgan fingerprint density at radius 2 is 2.02 bits per heavy atom. The highest BCUT2D eigenvalue weighted by Crippen LogP contribution is 2.29. The Hall–Kier alpha value is -4.28. The number of benzene rings is 2. The van der Waals surface area contributed by atoms with E-state index in [1.54, 1.807) is 12.3 Å². The summed E-state index contributed by atoms with van der Waals surface area (Å²) in [6, 6.07) is 18.8. The van der Waals surface area contributed by atoms with E-state index in [4.69, 9.17) is 5.11 Å². The number of nitrogens with one attached hydrogen (secondary N) is 1. The van der Waals surface area contributed by atoms with Crippen LogP contribution in [0.3, 0.4) is 0 Å². The van der Waals surface area contributed by atoms with Crippen LogP contribution in [0.15, 0.2) is 90.8 Å². The first-order valence-corrected chi connectivity index (χ1v) is 15.7. The van der Waals surface area contributed by atoms with E-state index in [0.29, 0.717) is 18.0 Å². The lowest BCUT2D eigenvalue weighted by Crippen LogP contribution is -2.24. The minimum absolute atomic E-state index is 0.0165. The van der Waals surface area contributed by atoms with Crippen molar-refractivity contribution in [3.8, 4) is 11.8 Å². The fourth-order valence-electron chi connectivity index (χ4n) is 5.92. The van der Waals surface area contributed by atoms with Crippen molar-refractivity contribution in [2.45, 2.75) is 51.6 Å². The lowest BCUT2D eigenvalue weighted by molar-refractivity contribution is 0.104. The van der Waals surface area contributed by atoms with Gasteiger partial charge < -0.3 is 10.4 Å². The number of fused-ring (bicyclic) bond motifs is 1. The predicted molar refractivity (Wildman–Crippen MR) is 176 cm³/mol. The van der Waals surface area contributed by atoms with Crippen LogP contribution >= 0.6 is 0 Å². The van der Waals surface area contributed by atoms with Gasteiger partial charge in [0.2, 0.25) is 0 Å². The first-order chi connectivity index (χ1) is 21.6. The Labute approximate surface area is 260 Å². The molecule has 2 fully saturated rings. The van der Waals surface area contributed by atoms with Crippen LogP contribution in [0.25, 0.3) is 5.65 Å². The van der Waals surface area contributed by atoms with E-state index in [1.165, 1.54) is 28.7 Å². The van der Waals surface area contributed by atoms with Crippen molar-refractivity contribution in [3.05, 3.63) is 130 Å². The van der Waals surface area contributed by atoms with E-state index in [-0.39, 0.29) is 12.4 Å². The van der Waals surface area contributed by atoms with E-state index < -0.39 is 0 Å². The summed E-state index contributed by atoms with van der Waals surface area (Å²) in [6.45, 7) is 6.40. The van der Waals surface area contributed by atoms with Gasteiger partial charge in [-0.05, 0) is 98.0 Å². The van der Waals surface area contributed by atoms with Gasteiger partial charge in [-0.2, -0.15) is 0 Å². The maximum Gasteiger partial charge on any atom is 0.185 e. The van der Waals surface area contributed by atoms with Crippen LogP contribution in [0, 0.1) is 18.8 Å². The van der Waals surface area contributed by atoms with Gasteiger partial charge in [-0.1, -0.05) is 60.0 Å². The standard InChI is InChI=1S/C38H40N4O2/c1-28-12-14-32(24-31(28)16-17-34-25-40-38-11-2-3-20-42(34)38)37(44)10-4-7-30-13-15-33(35(23-30)36-26-39-36)27-41-19-5-8-29(18-21-41)9-6-22-43/h2-4,9-15,20,23-25,36,39,43H,5-8,18-19,21-22,26-27H2,1H3/b10-4+,29-9-. The van der Waals surface area contributed by atoms with Crippen LogP contribution in [-0.2, 0) is 13.0 Å². The normalized spacial score (nSPS) is 18.0. The molecule has 6 nitrogen and oxygen atoms in total. The van der Waals surface area contributed by atoms with Gasteiger partial charge in [-0.3, -0.25) is 14.1 Å². The Morgan fingerprint density at radius 1 is 1.11 bits per heavy atom. The van der Waals surface area contributed by atoms with Crippen LogP contribution in [0.2, 0.25) is 0 Å². The minimum atomic E-state index is -0.0165. The van der Waals surface area contributed by atoms with E-state index >= 15 is 0 Å². The number of ketones is 1. The van der Waals surface area contributed by atoms with Gasteiger partial charge in [-0.15, -0.1) is 0 Å². The number of pyridine rings is 1. The summed E-state index contributed by atoms with van der Waals surface area (Å²) in [5.41, 5.74) is 9.67. The molecule has 2 N–H and O–H groups in total. The molecule has 0 saturated carbocycles. The number of allylic oxidation sites excluding steroid dienone is 2. The minimum Gasteiger partial charge on any atom is -0.396 e. The van der Waals surface area contributed by atoms with E-state index in [1.807, 2.05) is 60.0 Å². The molecule has 1 atom stereocenters. The highest BCUT2D eigenvalue weighted by molar-refractivity contribution is 6.04. The van der Waals surface area contributed by atoms with Gasteiger partial charge in [0.25, 0.3) is 0 Å². The molecule has 2 aromatic carbocycles. The number of hydrogen-bond acceptors (Lipinski definition) is 5. The van der Waals surface area contributed by atoms with Gasteiger partial charge in [0.15, 0.2) is 5.78 Å². The SMILES string of the molecule is Cc1ccc(C(=O)/C=C/Cc2ccc(CN3CCC/C(=C/CCO)CC3)c(C3CN3)c2)cc1C#Cc1cnc2ccccn12. The molecule has 0 aliphatic carbocycles. The third kappa shape index (κ3) is 7.43. The number of nitrogens with zero attached hydrogens (tertiary/aromatic N) is 3. The molecule has 6 rings (SSSR count). The molecule has 6 heteroatoms. The largest absolute Gasteiger partial charge is 0.396 e. The Bertz CT molecular complexity index is 1770. The second-order valence-corrected chi connectivity index (χ2v) is 11.8. The quantitative estimate of drug-likeness (QED) is 0.0834. The molecule has 224 valence electrons. The number of hydrogen-bond donors (Lipinski definition) is 2. The number of rotatable bonds is 9. The Kier molecular flexibility index (Phi) is 9.48. The Balaban J connectivity index is 1.10. The third-order valence-corrected chi connectivity index (χ3v) is 8.56. The highest BCUT2D eigenvalue weighted by atomic mass is 16.2.